The summed E-state index contributed by atoms with van der Waals surface area (Å²) >= 11 is 0. The molecule has 1 rings (SSSR count). The number of unbranched alkanes of at least 4 members (excludes halogenated alkanes) is 1. The molecule has 0 bridgehead atoms. The molecule has 1 heterocycles. The summed E-state index contributed by atoms with van der Waals surface area (Å²) in [5, 5.41) is 7.02. The molecule has 4 nitrogen and oxygen atoms in total. The SMILES string of the molecule is CCCCc1noc(CCCNC)n1. The number of aryl methyl sites for hydroxylation is 2. The number of rotatable bonds is 7. The zero-order valence-corrected chi connectivity index (χ0v) is 9.05. The highest BCUT2D eigenvalue weighted by atomic mass is 16.5. The minimum absolute atomic E-state index is 0.770. The van der Waals surface area contributed by atoms with Crippen LogP contribution in [0.1, 0.15) is 37.9 Å². The van der Waals surface area contributed by atoms with Gasteiger partial charge in [0.25, 0.3) is 0 Å². The van der Waals surface area contributed by atoms with Crippen molar-refractivity contribution in [2.45, 2.75) is 39.0 Å². The molecule has 0 saturated heterocycles. The first-order valence-corrected chi connectivity index (χ1v) is 5.33. The van der Waals surface area contributed by atoms with Crippen LogP contribution >= 0.6 is 0 Å². The largest absolute Gasteiger partial charge is 0.339 e. The summed E-state index contributed by atoms with van der Waals surface area (Å²) in [6.45, 7) is 3.15. The van der Waals surface area contributed by atoms with Crippen molar-refractivity contribution < 1.29 is 4.52 Å². The maximum absolute atomic E-state index is 5.12. The predicted octanol–water partition coefficient (Wildman–Crippen LogP) is 1.56. The van der Waals surface area contributed by atoms with Gasteiger partial charge in [-0.15, -0.1) is 0 Å². The third kappa shape index (κ3) is 3.87. The van der Waals surface area contributed by atoms with E-state index in [0.717, 1.165) is 43.9 Å². The number of hydrogen-bond acceptors (Lipinski definition) is 4. The van der Waals surface area contributed by atoms with E-state index in [4.69, 9.17) is 4.52 Å². The van der Waals surface area contributed by atoms with Crippen LogP contribution in [-0.2, 0) is 12.8 Å². The van der Waals surface area contributed by atoms with Gasteiger partial charge < -0.3 is 9.84 Å². The van der Waals surface area contributed by atoms with Crippen molar-refractivity contribution in [2.75, 3.05) is 13.6 Å². The van der Waals surface area contributed by atoms with Crippen molar-refractivity contribution in [3.8, 4) is 0 Å². The first kappa shape index (κ1) is 11.2. The van der Waals surface area contributed by atoms with Gasteiger partial charge in [0.1, 0.15) is 0 Å². The molecule has 0 spiro atoms. The van der Waals surface area contributed by atoms with E-state index in [9.17, 15) is 0 Å². The second kappa shape index (κ2) is 6.54. The first-order chi connectivity index (χ1) is 6.86. The van der Waals surface area contributed by atoms with Gasteiger partial charge in [-0.2, -0.15) is 4.98 Å². The monoisotopic (exact) mass is 197 g/mol. The van der Waals surface area contributed by atoms with E-state index in [0.29, 0.717) is 0 Å². The molecule has 0 aliphatic heterocycles. The lowest BCUT2D eigenvalue weighted by atomic mass is 10.2. The second-order valence-electron chi connectivity index (χ2n) is 3.42. The van der Waals surface area contributed by atoms with Gasteiger partial charge in [0.2, 0.25) is 5.89 Å². The Balaban J connectivity index is 2.27. The van der Waals surface area contributed by atoms with Gasteiger partial charge >= 0.3 is 0 Å². The summed E-state index contributed by atoms with van der Waals surface area (Å²) < 4.78 is 5.12. The molecule has 80 valence electrons. The molecule has 1 aromatic heterocycles. The van der Waals surface area contributed by atoms with Crippen molar-refractivity contribution >= 4 is 0 Å². The van der Waals surface area contributed by atoms with E-state index in [-0.39, 0.29) is 0 Å². The Morgan fingerprint density at radius 2 is 2.14 bits per heavy atom. The van der Waals surface area contributed by atoms with Crippen LogP contribution < -0.4 is 5.32 Å². The minimum Gasteiger partial charge on any atom is -0.339 e. The third-order valence-corrected chi connectivity index (χ3v) is 2.08. The number of nitrogens with one attached hydrogen (secondary N) is 1. The maximum Gasteiger partial charge on any atom is 0.226 e. The summed E-state index contributed by atoms with van der Waals surface area (Å²) in [5.74, 6) is 1.62. The smallest absolute Gasteiger partial charge is 0.226 e. The summed E-state index contributed by atoms with van der Waals surface area (Å²) in [5.41, 5.74) is 0. The fourth-order valence-electron chi connectivity index (χ4n) is 1.24. The molecule has 4 heteroatoms. The first-order valence-electron chi connectivity index (χ1n) is 5.33. The quantitative estimate of drug-likeness (QED) is 0.674. The molecule has 0 aromatic carbocycles. The maximum atomic E-state index is 5.12. The van der Waals surface area contributed by atoms with Crippen molar-refractivity contribution in [2.24, 2.45) is 0 Å². The van der Waals surface area contributed by atoms with Crippen molar-refractivity contribution in [3.63, 3.8) is 0 Å². The minimum atomic E-state index is 0.770. The Morgan fingerprint density at radius 3 is 2.86 bits per heavy atom. The lowest BCUT2D eigenvalue weighted by Crippen LogP contribution is -2.08. The van der Waals surface area contributed by atoms with Gasteiger partial charge in [-0.1, -0.05) is 18.5 Å². The molecule has 0 radical (unpaired) electrons. The van der Waals surface area contributed by atoms with E-state index < -0.39 is 0 Å². The van der Waals surface area contributed by atoms with Crippen LogP contribution in [0.2, 0.25) is 0 Å². The highest BCUT2D eigenvalue weighted by molar-refractivity contribution is 4.86. The van der Waals surface area contributed by atoms with Crippen LogP contribution in [-0.4, -0.2) is 23.7 Å². The van der Waals surface area contributed by atoms with E-state index in [1.807, 2.05) is 7.05 Å². The summed E-state index contributed by atoms with van der Waals surface area (Å²) in [7, 11) is 1.94. The van der Waals surface area contributed by atoms with Crippen LogP contribution in [0.25, 0.3) is 0 Å². The van der Waals surface area contributed by atoms with Crippen molar-refractivity contribution in [1.29, 1.82) is 0 Å². The molecule has 0 atom stereocenters. The Labute approximate surface area is 85.1 Å². The van der Waals surface area contributed by atoms with E-state index >= 15 is 0 Å². The van der Waals surface area contributed by atoms with Gasteiger partial charge in [0.05, 0.1) is 0 Å². The van der Waals surface area contributed by atoms with Crippen LogP contribution in [0.15, 0.2) is 4.52 Å². The van der Waals surface area contributed by atoms with E-state index in [1.165, 1.54) is 6.42 Å². The fraction of sp³-hybridized carbons (Fsp3) is 0.800. The summed E-state index contributed by atoms with van der Waals surface area (Å²) in [4.78, 5) is 4.31. The molecule has 1 N–H and O–H groups in total. The summed E-state index contributed by atoms with van der Waals surface area (Å²) in [6.07, 6.45) is 5.16. The molecular weight excluding hydrogens is 178 g/mol. The highest BCUT2D eigenvalue weighted by Gasteiger charge is 2.04. The molecular formula is C10H19N3O. The Hall–Kier alpha value is -0.900. The average molecular weight is 197 g/mol. The van der Waals surface area contributed by atoms with Gasteiger partial charge in [-0.25, -0.2) is 0 Å². The molecule has 0 unspecified atom stereocenters. The van der Waals surface area contributed by atoms with Gasteiger partial charge in [0.15, 0.2) is 5.82 Å². The molecule has 0 aliphatic carbocycles. The molecule has 0 aliphatic rings. The summed E-state index contributed by atoms with van der Waals surface area (Å²) in [6, 6.07) is 0. The predicted molar refractivity (Wildman–Crippen MR) is 55.2 cm³/mol. The average Bonchev–Trinajstić information content (AvgIpc) is 2.63. The standard InChI is InChI=1S/C10H19N3O/c1-3-4-6-9-12-10(14-13-9)7-5-8-11-2/h11H,3-8H2,1-2H3. The molecule has 1 aromatic rings. The zero-order valence-electron chi connectivity index (χ0n) is 9.05. The van der Waals surface area contributed by atoms with Gasteiger partial charge in [0, 0.05) is 12.8 Å². The molecule has 0 amide bonds. The highest BCUT2D eigenvalue weighted by Crippen LogP contribution is 2.03. The number of nitrogens with zero attached hydrogens (tertiary/aromatic N) is 2. The number of hydrogen-bond donors (Lipinski definition) is 1. The van der Waals surface area contributed by atoms with E-state index in [1.54, 1.807) is 0 Å². The van der Waals surface area contributed by atoms with Gasteiger partial charge in [-0.05, 0) is 26.4 Å². The second-order valence-corrected chi connectivity index (χ2v) is 3.42. The zero-order chi connectivity index (χ0) is 10.2. The lowest BCUT2D eigenvalue weighted by Gasteiger charge is -1.93. The Morgan fingerprint density at radius 1 is 1.29 bits per heavy atom. The molecule has 0 saturated carbocycles. The number of aromatic nitrogens is 2. The fourth-order valence-corrected chi connectivity index (χ4v) is 1.24. The van der Waals surface area contributed by atoms with Crippen LogP contribution in [0, 0.1) is 0 Å². The Kier molecular flexibility index (Phi) is 5.22. The van der Waals surface area contributed by atoms with Crippen LogP contribution in [0.5, 0.6) is 0 Å². The van der Waals surface area contributed by atoms with Crippen molar-refractivity contribution in [3.05, 3.63) is 11.7 Å². The van der Waals surface area contributed by atoms with Gasteiger partial charge in [-0.3, -0.25) is 0 Å². The normalized spacial score (nSPS) is 10.7. The third-order valence-electron chi connectivity index (χ3n) is 2.08. The van der Waals surface area contributed by atoms with Crippen molar-refractivity contribution in [1.82, 2.24) is 15.5 Å². The van der Waals surface area contributed by atoms with Crippen LogP contribution in [0.3, 0.4) is 0 Å². The van der Waals surface area contributed by atoms with E-state index in [2.05, 4.69) is 22.4 Å². The lowest BCUT2D eigenvalue weighted by molar-refractivity contribution is 0.369. The topological polar surface area (TPSA) is 51.0 Å². The Bertz CT molecular complexity index is 247. The van der Waals surface area contributed by atoms with Crippen LogP contribution in [0.4, 0.5) is 0 Å². The molecule has 0 fully saturated rings. The molecule has 14 heavy (non-hydrogen) atoms.